The molecule has 0 aromatic heterocycles. The van der Waals surface area contributed by atoms with Gasteiger partial charge in [-0.25, -0.2) is 0 Å². The van der Waals surface area contributed by atoms with Crippen molar-refractivity contribution in [3.63, 3.8) is 0 Å². The van der Waals surface area contributed by atoms with Gasteiger partial charge in [0.15, 0.2) is 11.5 Å². The fraction of sp³-hybridized carbons (Fsp3) is 0.261. The minimum absolute atomic E-state index is 0.0111. The summed E-state index contributed by atoms with van der Waals surface area (Å²) in [5.74, 6) is 2.35. The summed E-state index contributed by atoms with van der Waals surface area (Å²) >= 11 is 0. The summed E-state index contributed by atoms with van der Waals surface area (Å²) in [7, 11) is 0. The number of rotatable bonds is 7. The van der Waals surface area contributed by atoms with E-state index in [9.17, 15) is 4.79 Å². The molecule has 0 atom stereocenters. The number of nitrogens with one attached hydrogen (secondary N) is 1. The lowest BCUT2D eigenvalue weighted by Gasteiger charge is -2.18. The standard InChI is InChI=1S/C23H23NO4/c25-23(10-6-17-5-9-21-22(15-17)28-14-13-27-21)24-11-12-26-20-8-7-18-3-1-2-4-19(18)16-20/h1-5,7-9,15-16H,6,10-14H2,(H,24,25). The molecular weight excluding hydrogens is 354 g/mol. The summed E-state index contributed by atoms with van der Waals surface area (Å²) in [6.45, 7) is 2.06. The molecule has 1 N–H and O–H groups in total. The quantitative estimate of drug-likeness (QED) is 0.638. The number of carbonyl (C=O) groups excluding carboxylic acids is 1. The highest BCUT2D eigenvalue weighted by atomic mass is 16.6. The molecule has 1 aliphatic rings. The van der Waals surface area contributed by atoms with Crippen LogP contribution in [0.5, 0.6) is 17.2 Å². The van der Waals surface area contributed by atoms with Crippen molar-refractivity contribution in [2.24, 2.45) is 0 Å². The van der Waals surface area contributed by atoms with Crippen LogP contribution in [0.25, 0.3) is 10.8 Å². The van der Waals surface area contributed by atoms with Gasteiger partial charge in [0.1, 0.15) is 25.6 Å². The molecule has 0 spiro atoms. The third kappa shape index (κ3) is 4.55. The molecule has 0 saturated carbocycles. The van der Waals surface area contributed by atoms with E-state index in [0.29, 0.717) is 39.2 Å². The third-order valence-electron chi connectivity index (χ3n) is 4.66. The van der Waals surface area contributed by atoms with Gasteiger partial charge in [-0.1, -0.05) is 36.4 Å². The highest BCUT2D eigenvalue weighted by Gasteiger charge is 2.12. The van der Waals surface area contributed by atoms with Crippen LogP contribution in [0.1, 0.15) is 12.0 Å². The van der Waals surface area contributed by atoms with Gasteiger partial charge in [-0.05, 0) is 47.0 Å². The van der Waals surface area contributed by atoms with Crippen LogP contribution in [0.3, 0.4) is 0 Å². The zero-order valence-electron chi connectivity index (χ0n) is 15.6. The maximum Gasteiger partial charge on any atom is 0.220 e. The normalized spacial score (nSPS) is 12.6. The van der Waals surface area contributed by atoms with Crippen LogP contribution < -0.4 is 19.5 Å². The molecule has 28 heavy (non-hydrogen) atoms. The largest absolute Gasteiger partial charge is 0.492 e. The fourth-order valence-corrected chi connectivity index (χ4v) is 3.21. The monoisotopic (exact) mass is 377 g/mol. The van der Waals surface area contributed by atoms with Gasteiger partial charge in [0.05, 0.1) is 6.54 Å². The van der Waals surface area contributed by atoms with Crippen LogP contribution in [0, 0.1) is 0 Å². The van der Waals surface area contributed by atoms with Crippen molar-refractivity contribution in [1.82, 2.24) is 5.32 Å². The van der Waals surface area contributed by atoms with E-state index >= 15 is 0 Å². The highest BCUT2D eigenvalue weighted by molar-refractivity contribution is 5.83. The van der Waals surface area contributed by atoms with Crippen LogP contribution >= 0.6 is 0 Å². The van der Waals surface area contributed by atoms with E-state index in [1.54, 1.807) is 0 Å². The molecule has 0 radical (unpaired) electrons. The Hall–Kier alpha value is -3.21. The van der Waals surface area contributed by atoms with E-state index in [4.69, 9.17) is 14.2 Å². The average Bonchev–Trinajstić information content (AvgIpc) is 2.75. The lowest BCUT2D eigenvalue weighted by Crippen LogP contribution is -2.28. The second kappa shape index (κ2) is 8.65. The summed E-state index contributed by atoms with van der Waals surface area (Å²) in [6, 6.07) is 20.0. The van der Waals surface area contributed by atoms with Gasteiger partial charge in [0.2, 0.25) is 5.91 Å². The van der Waals surface area contributed by atoms with Crippen LogP contribution in [-0.2, 0) is 11.2 Å². The van der Waals surface area contributed by atoms with Gasteiger partial charge in [0.25, 0.3) is 0 Å². The SMILES string of the molecule is O=C(CCc1ccc2c(c1)OCCO2)NCCOc1ccc2ccccc2c1. The third-order valence-corrected chi connectivity index (χ3v) is 4.66. The molecule has 0 aliphatic carbocycles. The Morgan fingerprint density at radius 3 is 2.64 bits per heavy atom. The first kappa shape index (κ1) is 18.2. The summed E-state index contributed by atoms with van der Waals surface area (Å²) in [6.07, 6.45) is 1.09. The molecule has 0 bridgehead atoms. The van der Waals surface area contributed by atoms with Crippen LogP contribution in [-0.4, -0.2) is 32.3 Å². The van der Waals surface area contributed by atoms with E-state index in [1.165, 1.54) is 5.39 Å². The first-order valence-electron chi connectivity index (χ1n) is 9.55. The molecule has 5 heteroatoms. The van der Waals surface area contributed by atoms with Gasteiger partial charge in [-0.2, -0.15) is 0 Å². The van der Waals surface area contributed by atoms with E-state index in [-0.39, 0.29) is 5.91 Å². The number of carbonyl (C=O) groups is 1. The molecule has 0 unspecified atom stereocenters. The maximum absolute atomic E-state index is 12.1. The van der Waals surface area contributed by atoms with Crippen molar-refractivity contribution in [1.29, 1.82) is 0 Å². The van der Waals surface area contributed by atoms with Gasteiger partial charge < -0.3 is 19.5 Å². The van der Waals surface area contributed by atoms with Gasteiger partial charge in [0, 0.05) is 6.42 Å². The van der Waals surface area contributed by atoms with Gasteiger partial charge in [-0.15, -0.1) is 0 Å². The number of benzene rings is 3. The van der Waals surface area contributed by atoms with Crippen molar-refractivity contribution in [2.45, 2.75) is 12.8 Å². The van der Waals surface area contributed by atoms with E-state index in [1.807, 2.05) is 48.5 Å². The Morgan fingerprint density at radius 2 is 1.75 bits per heavy atom. The van der Waals surface area contributed by atoms with Gasteiger partial charge in [-0.3, -0.25) is 4.79 Å². The predicted molar refractivity (Wildman–Crippen MR) is 108 cm³/mol. The van der Waals surface area contributed by atoms with Crippen molar-refractivity contribution < 1.29 is 19.0 Å². The average molecular weight is 377 g/mol. The lowest BCUT2D eigenvalue weighted by molar-refractivity contribution is -0.121. The van der Waals surface area contributed by atoms with Crippen molar-refractivity contribution >= 4 is 16.7 Å². The first-order valence-corrected chi connectivity index (χ1v) is 9.55. The molecule has 1 amide bonds. The predicted octanol–water partition coefficient (Wildman–Crippen LogP) is 3.74. The molecule has 1 aliphatic heterocycles. The summed E-state index contributed by atoms with van der Waals surface area (Å²) in [4.78, 5) is 12.1. The minimum Gasteiger partial charge on any atom is -0.492 e. The number of aryl methyl sites for hydroxylation is 1. The number of hydrogen-bond acceptors (Lipinski definition) is 4. The van der Waals surface area contributed by atoms with Crippen molar-refractivity contribution in [3.05, 3.63) is 66.2 Å². The van der Waals surface area contributed by atoms with Crippen molar-refractivity contribution in [3.8, 4) is 17.2 Å². The molecule has 3 aromatic carbocycles. The highest BCUT2D eigenvalue weighted by Crippen LogP contribution is 2.31. The van der Waals surface area contributed by atoms with E-state index in [0.717, 1.165) is 28.2 Å². The zero-order chi connectivity index (χ0) is 19.2. The molecule has 4 rings (SSSR count). The number of hydrogen-bond donors (Lipinski definition) is 1. The van der Waals surface area contributed by atoms with E-state index < -0.39 is 0 Å². The van der Waals surface area contributed by atoms with Crippen LogP contribution in [0.15, 0.2) is 60.7 Å². The Labute approximate surface area is 164 Å². The Balaban J connectivity index is 1.19. The lowest BCUT2D eigenvalue weighted by atomic mass is 10.1. The van der Waals surface area contributed by atoms with Crippen LogP contribution in [0.2, 0.25) is 0 Å². The number of ether oxygens (including phenoxy) is 3. The first-order chi connectivity index (χ1) is 13.8. The summed E-state index contributed by atoms with van der Waals surface area (Å²) in [5.41, 5.74) is 1.06. The maximum atomic E-state index is 12.1. The van der Waals surface area contributed by atoms with E-state index in [2.05, 4.69) is 17.4 Å². The second-order valence-electron chi connectivity index (χ2n) is 6.69. The minimum atomic E-state index is 0.0111. The van der Waals surface area contributed by atoms with Crippen LogP contribution in [0.4, 0.5) is 0 Å². The Morgan fingerprint density at radius 1 is 0.929 bits per heavy atom. The number of amides is 1. The molecule has 3 aromatic rings. The molecule has 0 fully saturated rings. The Bertz CT molecular complexity index is 970. The van der Waals surface area contributed by atoms with Gasteiger partial charge >= 0.3 is 0 Å². The molecule has 1 heterocycles. The molecular formula is C23H23NO4. The Kier molecular flexibility index (Phi) is 5.61. The smallest absolute Gasteiger partial charge is 0.220 e. The van der Waals surface area contributed by atoms with Crippen molar-refractivity contribution in [2.75, 3.05) is 26.4 Å². The summed E-state index contributed by atoms with van der Waals surface area (Å²) in [5, 5.41) is 5.23. The fourth-order valence-electron chi connectivity index (χ4n) is 3.21. The molecule has 0 saturated heterocycles. The molecule has 5 nitrogen and oxygen atoms in total. The summed E-state index contributed by atoms with van der Waals surface area (Å²) < 4.78 is 16.8. The molecule has 144 valence electrons. The zero-order valence-corrected chi connectivity index (χ0v) is 15.6. The number of fused-ring (bicyclic) bond motifs is 2. The second-order valence-corrected chi connectivity index (χ2v) is 6.69. The topological polar surface area (TPSA) is 56.8 Å².